The van der Waals surface area contributed by atoms with E-state index in [0.717, 1.165) is 16.9 Å². The zero-order chi connectivity index (χ0) is 19.8. The van der Waals surface area contributed by atoms with Crippen LogP contribution in [0.15, 0.2) is 48.8 Å². The highest BCUT2D eigenvalue weighted by atomic mass is 16.5. The molecule has 3 rings (SSSR count). The van der Waals surface area contributed by atoms with Gasteiger partial charge >= 0.3 is 0 Å². The first-order chi connectivity index (χ1) is 13.7. The summed E-state index contributed by atoms with van der Waals surface area (Å²) in [6.07, 6.45) is 4.32. The number of carbonyl (C=O) groups is 2. The summed E-state index contributed by atoms with van der Waals surface area (Å²) >= 11 is 0. The van der Waals surface area contributed by atoms with Crippen molar-refractivity contribution in [2.75, 3.05) is 26.7 Å². The largest absolute Gasteiger partial charge is 0.496 e. The second-order valence-corrected chi connectivity index (χ2v) is 6.75. The van der Waals surface area contributed by atoms with Gasteiger partial charge in [0.15, 0.2) is 0 Å². The number of carbonyl (C=O) groups excluding carboxylic acids is 2. The summed E-state index contributed by atoms with van der Waals surface area (Å²) in [5, 5.41) is 5.78. The van der Waals surface area contributed by atoms with E-state index >= 15 is 0 Å². The SMILES string of the molecule is COc1ccccc1CCNC(=O)C[C@@H]1C(=O)NCCN1Cc1cccnc1. The molecule has 2 heterocycles. The van der Waals surface area contributed by atoms with Crippen LogP contribution < -0.4 is 15.4 Å². The normalized spacial score (nSPS) is 17.0. The van der Waals surface area contributed by atoms with Gasteiger partial charge < -0.3 is 15.4 Å². The van der Waals surface area contributed by atoms with E-state index in [1.807, 2.05) is 41.3 Å². The predicted octanol–water partition coefficient (Wildman–Crippen LogP) is 1.14. The molecular formula is C21H26N4O3. The maximum Gasteiger partial charge on any atom is 0.237 e. The number of ether oxygens (including phenoxy) is 1. The van der Waals surface area contributed by atoms with Gasteiger partial charge in [-0.3, -0.25) is 19.5 Å². The van der Waals surface area contributed by atoms with Crippen molar-refractivity contribution in [1.29, 1.82) is 0 Å². The number of hydrogen-bond donors (Lipinski definition) is 2. The molecule has 148 valence electrons. The third-order valence-corrected chi connectivity index (χ3v) is 4.84. The number of pyridine rings is 1. The summed E-state index contributed by atoms with van der Waals surface area (Å²) in [6, 6.07) is 11.1. The molecule has 1 saturated heterocycles. The minimum Gasteiger partial charge on any atom is -0.496 e. The van der Waals surface area contributed by atoms with Gasteiger partial charge in [0.05, 0.1) is 19.6 Å². The van der Waals surface area contributed by atoms with Gasteiger partial charge in [0, 0.05) is 38.6 Å². The van der Waals surface area contributed by atoms with Gasteiger partial charge in [0.2, 0.25) is 11.8 Å². The summed E-state index contributed by atoms with van der Waals surface area (Å²) in [7, 11) is 1.63. The zero-order valence-electron chi connectivity index (χ0n) is 16.1. The van der Waals surface area contributed by atoms with E-state index in [-0.39, 0.29) is 18.2 Å². The maximum absolute atomic E-state index is 12.4. The maximum atomic E-state index is 12.4. The topological polar surface area (TPSA) is 83.6 Å². The highest BCUT2D eigenvalue weighted by Gasteiger charge is 2.31. The molecule has 0 saturated carbocycles. The summed E-state index contributed by atoms with van der Waals surface area (Å²) < 4.78 is 5.33. The molecule has 1 aliphatic rings. The van der Waals surface area contributed by atoms with E-state index in [0.29, 0.717) is 32.6 Å². The molecule has 0 aliphatic carbocycles. The highest BCUT2D eigenvalue weighted by molar-refractivity contribution is 5.88. The molecule has 7 nitrogen and oxygen atoms in total. The van der Waals surface area contributed by atoms with Crippen LogP contribution in [0.5, 0.6) is 5.75 Å². The van der Waals surface area contributed by atoms with Crippen molar-refractivity contribution >= 4 is 11.8 Å². The summed E-state index contributed by atoms with van der Waals surface area (Å²) in [4.78, 5) is 30.9. The van der Waals surface area contributed by atoms with Gasteiger partial charge in [0.25, 0.3) is 0 Å². The summed E-state index contributed by atoms with van der Waals surface area (Å²) in [6.45, 7) is 2.39. The number of piperazine rings is 1. The average molecular weight is 382 g/mol. The van der Waals surface area contributed by atoms with E-state index < -0.39 is 6.04 Å². The van der Waals surface area contributed by atoms with Gasteiger partial charge in [-0.1, -0.05) is 24.3 Å². The van der Waals surface area contributed by atoms with Gasteiger partial charge in [0.1, 0.15) is 5.75 Å². The smallest absolute Gasteiger partial charge is 0.237 e. The van der Waals surface area contributed by atoms with Crippen molar-refractivity contribution in [3.05, 3.63) is 59.9 Å². The number of methoxy groups -OCH3 is 1. The van der Waals surface area contributed by atoms with E-state index in [4.69, 9.17) is 4.74 Å². The predicted molar refractivity (Wildman–Crippen MR) is 106 cm³/mol. The molecule has 1 aromatic heterocycles. The molecule has 0 bridgehead atoms. The van der Waals surface area contributed by atoms with Crippen molar-refractivity contribution in [1.82, 2.24) is 20.5 Å². The first-order valence-electron chi connectivity index (χ1n) is 9.46. The number of hydrogen-bond acceptors (Lipinski definition) is 5. The highest BCUT2D eigenvalue weighted by Crippen LogP contribution is 2.17. The van der Waals surface area contributed by atoms with E-state index in [1.165, 1.54) is 0 Å². The first kappa shape index (κ1) is 19.8. The molecule has 0 spiro atoms. The lowest BCUT2D eigenvalue weighted by Gasteiger charge is -2.34. The summed E-state index contributed by atoms with van der Waals surface area (Å²) in [5.41, 5.74) is 2.07. The number of amides is 2. The van der Waals surface area contributed by atoms with Crippen LogP contribution in [0.25, 0.3) is 0 Å². The van der Waals surface area contributed by atoms with Gasteiger partial charge in [-0.25, -0.2) is 0 Å². The minimum atomic E-state index is -0.472. The van der Waals surface area contributed by atoms with Crippen LogP contribution in [0.1, 0.15) is 17.5 Å². The number of rotatable bonds is 8. The molecule has 0 radical (unpaired) electrons. The Hall–Kier alpha value is -2.93. The Morgan fingerprint density at radius 1 is 1.32 bits per heavy atom. The fraction of sp³-hybridized carbons (Fsp3) is 0.381. The van der Waals surface area contributed by atoms with Gasteiger partial charge in [-0.2, -0.15) is 0 Å². The molecule has 2 amide bonds. The molecule has 1 aromatic carbocycles. The van der Waals surface area contributed by atoms with Crippen LogP contribution in [0.4, 0.5) is 0 Å². The third-order valence-electron chi connectivity index (χ3n) is 4.84. The Kier molecular flexibility index (Phi) is 6.97. The van der Waals surface area contributed by atoms with Crippen LogP contribution in [0.2, 0.25) is 0 Å². The Bertz CT molecular complexity index is 797. The Labute approximate surface area is 165 Å². The number of nitrogens with one attached hydrogen (secondary N) is 2. The molecule has 2 N–H and O–H groups in total. The number of aromatic nitrogens is 1. The molecule has 7 heteroatoms. The Morgan fingerprint density at radius 2 is 2.18 bits per heavy atom. The lowest BCUT2D eigenvalue weighted by atomic mass is 10.1. The van der Waals surface area contributed by atoms with Gasteiger partial charge in [-0.05, 0) is 29.7 Å². The van der Waals surface area contributed by atoms with E-state index in [9.17, 15) is 9.59 Å². The second-order valence-electron chi connectivity index (χ2n) is 6.75. The molecule has 1 aliphatic heterocycles. The Balaban J connectivity index is 1.53. The molecule has 1 fully saturated rings. The quantitative estimate of drug-likeness (QED) is 0.715. The van der Waals surface area contributed by atoms with Crippen LogP contribution in [-0.4, -0.2) is 54.5 Å². The minimum absolute atomic E-state index is 0.102. The second kappa shape index (κ2) is 9.85. The lowest BCUT2D eigenvalue weighted by molar-refractivity contribution is -0.134. The van der Waals surface area contributed by atoms with Crippen LogP contribution >= 0.6 is 0 Å². The fourth-order valence-corrected chi connectivity index (χ4v) is 3.39. The molecule has 28 heavy (non-hydrogen) atoms. The third kappa shape index (κ3) is 5.29. The molecule has 1 atom stereocenters. The average Bonchev–Trinajstić information content (AvgIpc) is 2.72. The van der Waals surface area contributed by atoms with Crippen LogP contribution in [-0.2, 0) is 22.6 Å². The van der Waals surface area contributed by atoms with Crippen molar-refractivity contribution in [2.24, 2.45) is 0 Å². The lowest BCUT2D eigenvalue weighted by Crippen LogP contribution is -2.56. The van der Waals surface area contributed by atoms with Crippen LogP contribution in [0.3, 0.4) is 0 Å². The standard InChI is InChI=1S/C21H26N4O3/c1-28-19-7-3-2-6-17(19)8-10-23-20(26)13-18-21(27)24-11-12-25(18)15-16-5-4-9-22-14-16/h2-7,9,14,18H,8,10-13,15H2,1H3,(H,23,26)(H,24,27)/t18-/m1/s1. The number of benzene rings is 1. The van der Waals surface area contributed by atoms with Crippen molar-refractivity contribution < 1.29 is 14.3 Å². The van der Waals surface area contributed by atoms with Crippen molar-refractivity contribution in [2.45, 2.75) is 25.4 Å². The molecule has 0 unspecified atom stereocenters. The van der Waals surface area contributed by atoms with Crippen molar-refractivity contribution in [3.63, 3.8) is 0 Å². The first-order valence-corrected chi connectivity index (χ1v) is 9.46. The summed E-state index contributed by atoms with van der Waals surface area (Å²) in [5.74, 6) is 0.578. The number of nitrogens with zero attached hydrogens (tertiary/aromatic N) is 2. The monoisotopic (exact) mass is 382 g/mol. The van der Waals surface area contributed by atoms with E-state index in [1.54, 1.807) is 19.5 Å². The fourth-order valence-electron chi connectivity index (χ4n) is 3.39. The zero-order valence-corrected chi connectivity index (χ0v) is 16.1. The van der Waals surface area contributed by atoms with Crippen molar-refractivity contribution in [3.8, 4) is 5.75 Å². The number of para-hydroxylation sites is 1. The van der Waals surface area contributed by atoms with Gasteiger partial charge in [-0.15, -0.1) is 0 Å². The van der Waals surface area contributed by atoms with E-state index in [2.05, 4.69) is 15.6 Å². The van der Waals surface area contributed by atoms with Crippen LogP contribution in [0, 0.1) is 0 Å². The molecular weight excluding hydrogens is 356 g/mol. The molecule has 2 aromatic rings. The Morgan fingerprint density at radius 3 is 2.96 bits per heavy atom.